The van der Waals surface area contributed by atoms with Crippen molar-refractivity contribution in [2.24, 2.45) is 5.92 Å². The predicted molar refractivity (Wildman–Crippen MR) is 139 cm³/mol. The normalized spacial score (nSPS) is 20.3. The summed E-state index contributed by atoms with van der Waals surface area (Å²) in [6.45, 7) is 0.298. The van der Waals surface area contributed by atoms with Gasteiger partial charge in [0.25, 0.3) is 0 Å². The number of ether oxygens (including phenoxy) is 1. The average molecular weight is 575 g/mol. The Hall–Kier alpha value is -3.38. The van der Waals surface area contributed by atoms with Crippen LogP contribution in [0.25, 0.3) is 28.0 Å². The molecule has 1 unspecified atom stereocenters. The molecule has 0 amide bonds. The number of aliphatic carboxylic acids is 1. The molecule has 10 nitrogen and oxygen atoms in total. The van der Waals surface area contributed by atoms with Crippen molar-refractivity contribution in [1.29, 1.82) is 0 Å². The van der Waals surface area contributed by atoms with Gasteiger partial charge in [-0.3, -0.25) is 9.67 Å². The lowest BCUT2D eigenvalue weighted by atomic mass is 9.78. The molecule has 0 aliphatic heterocycles. The van der Waals surface area contributed by atoms with E-state index in [9.17, 15) is 9.18 Å². The summed E-state index contributed by atoms with van der Waals surface area (Å²) in [6.07, 6.45) is 7.07. The molecule has 5 rings (SSSR count). The third-order valence-corrected chi connectivity index (χ3v) is 7.69. The number of nitrogens with two attached hydrogens (primary N) is 1. The number of rotatable bonds is 8. The first kappa shape index (κ1) is 21.7. The number of carboxylic acid groups (broad SMARTS) is 1. The number of aromatic nitrogens is 6. The Labute approximate surface area is 225 Å². The van der Waals surface area contributed by atoms with Crippen molar-refractivity contribution < 1.29 is 23.1 Å². The molecule has 0 saturated heterocycles. The van der Waals surface area contributed by atoms with E-state index in [-0.39, 0.29) is 12.5 Å². The number of carbonyl (C=O) groups is 1. The number of fused-ring (bicyclic) bond motifs is 1. The molecule has 0 bridgehead atoms. The van der Waals surface area contributed by atoms with Gasteiger partial charge < -0.3 is 15.6 Å². The summed E-state index contributed by atoms with van der Waals surface area (Å²) in [5, 5.41) is 17.7. The first-order chi connectivity index (χ1) is 19.0. The molecule has 0 spiro atoms. The number of nitrogen functional groups attached to an aromatic ring is 1. The molecule has 1 fully saturated rings. The number of nitrogens with zero attached hydrogens (tertiary/aromatic N) is 6. The predicted octanol–water partition coefficient (Wildman–Crippen LogP) is 4.34. The Morgan fingerprint density at radius 1 is 1.27 bits per heavy atom. The minimum absolute atomic E-state index is 0.00359. The number of hydrogen-bond donors (Lipinski definition) is 2. The van der Waals surface area contributed by atoms with Gasteiger partial charge >= 0.3 is 5.97 Å². The summed E-state index contributed by atoms with van der Waals surface area (Å²) in [5.74, 6) is -1.52. The maximum Gasteiger partial charge on any atom is 0.338 e. The zero-order valence-electron chi connectivity index (χ0n) is 22.7. The lowest BCUT2D eigenvalue weighted by Gasteiger charge is -2.29. The van der Waals surface area contributed by atoms with E-state index in [0.717, 1.165) is 22.4 Å². The molecule has 0 aromatic carbocycles. The van der Waals surface area contributed by atoms with Crippen LogP contribution in [0.1, 0.15) is 41.4 Å². The highest BCUT2D eigenvalue weighted by Gasteiger charge is 2.34. The molecule has 0 radical (unpaired) electrons. The van der Waals surface area contributed by atoms with E-state index in [2.05, 4.69) is 31.1 Å². The molecule has 4 aromatic heterocycles. The Bertz CT molecular complexity index is 1520. The second-order valence-electron chi connectivity index (χ2n) is 9.11. The smallest absolute Gasteiger partial charge is 0.338 e. The molecule has 12 heteroatoms. The van der Waals surface area contributed by atoms with Gasteiger partial charge in [0.1, 0.15) is 5.82 Å². The van der Waals surface area contributed by atoms with Crippen LogP contribution in [0.5, 0.6) is 0 Å². The van der Waals surface area contributed by atoms with Crippen LogP contribution in [0.2, 0.25) is 0 Å². The van der Waals surface area contributed by atoms with E-state index >= 15 is 0 Å². The lowest BCUT2D eigenvalue weighted by Crippen LogP contribution is -2.28. The van der Waals surface area contributed by atoms with Gasteiger partial charge in [-0.15, -0.1) is 0 Å². The van der Waals surface area contributed by atoms with Crippen LogP contribution < -0.4 is 5.73 Å². The molecule has 37 heavy (non-hydrogen) atoms. The van der Waals surface area contributed by atoms with Crippen molar-refractivity contribution in [3.63, 3.8) is 0 Å². The Morgan fingerprint density at radius 3 is 2.78 bits per heavy atom. The zero-order chi connectivity index (χ0) is 28.6. The number of methoxy groups -OCH3 is 1. The first-order valence-electron chi connectivity index (χ1n) is 13.3. The average Bonchev–Trinajstić information content (AvgIpc) is 3.57. The van der Waals surface area contributed by atoms with Gasteiger partial charge in [0.15, 0.2) is 11.8 Å². The van der Waals surface area contributed by atoms with Crippen molar-refractivity contribution in [1.82, 2.24) is 29.4 Å². The molecule has 1 aliphatic rings. The van der Waals surface area contributed by atoms with Crippen LogP contribution >= 0.6 is 15.9 Å². The minimum Gasteiger partial charge on any atom is -0.479 e. The summed E-state index contributed by atoms with van der Waals surface area (Å²) in [5.41, 5.74) is 10.7. The number of carboxylic acids is 1. The first-order valence-corrected chi connectivity index (χ1v) is 12.6. The number of halogens is 2. The van der Waals surface area contributed by atoms with Crippen molar-refractivity contribution in [2.75, 3.05) is 19.4 Å². The number of pyridine rings is 1. The van der Waals surface area contributed by atoms with E-state index in [1.807, 2.05) is 12.1 Å². The molecular formula is C25H27BrFN7O3. The Kier molecular flexibility index (Phi) is 6.18. The fourth-order valence-electron chi connectivity index (χ4n) is 4.86. The molecular weight excluding hydrogens is 545 g/mol. The van der Waals surface area contributed by atoms with Crippen molar-refractivity contribution in [3.8, 4) is 22.4 Å². The Balaban J connectivity index is 1.35. The molecule has 3 N–H and O–H groups in total. The van der Waals surface area contributed by atoms with Crippen LogP contribution in [-0.2, 0) is 16.1 Å². The molecule has 194 valence electrons. The fourth-order valence-corrected chi connectivity index (χ4v) is 5.44. The van der Waals surface area contributed by atoms with Gasteiger partial charge in [-0.05, 0) is 47.7 Å². The standard InChI is InChI=1S/C25H27BrFN7O3/c1-37-9-8-33-13-17(11-30-33)19-7-6-16(10-29-19)18-12-31-34-23(28)20(26)22(32-24(18)34)15-4-2-14(3-5-15)21(27)25(35)36/h6-7,10-15,21H,2-5,8-9,28H2,1H3,(H,35,36)/t14-,15+,21?/i1D3. The maximum absolute atomic E-state index is 14.0. The van der Waals surface area contributed by atoms with Crippen LogP contribution in [-0.4, -0.2) is 60.3 Å². The number of anilines is 1. The third kappa shape index (κ3) is 4.95. The van der Waals surface area contributed by atoms with Gasteiger partial charge in [-0.25, -0.2) is 14.2 Å². The van der Waals surface area contributed by atoms with Gasteiger partial charge in [0.05, 0.1) is 45.5 Å². The topological polar surface area (TPSA) is 133 Å². The van der Waals surface area contributed by atoms with Gasteiger partial charge in [-0.2, -0.15) is 14.7 Å². The summed E-state index contributed by atoms with van der Waals surface area (Å²) in [7, 11) is -2.44. The molecule has 4 aromatic rings. The summed E-state index contributed by atoms with van der Waals surface area (Å²) < 4.78 is 43.9. The van der Waals surface area contributed by atoms with Crippen LogP contribution in [0.3, 0.4) is 0 Å². The van der Waals surface area contributed by atoms with E-state index in [1.165, 1.54) is 0 Å². The van der Waals surface area contributed by atoms with Crippen LogP contribution in [0, 0.1) is 5.92 Å². The Morgan fingerprint density at radius 2 is 2.08 bits per heavy atom. The summed E-state index contributed by atoms with van der Waals surface area (Å²) >= 11 is 3.56. The van der Waals surface area contributed by atoms with Gasteiger partial charge in [0, 0.05) is 48.0 Å². The highest BCUT2D eigenvalue weighted by molar-refractivity contribution is 9.10. The quantitative estimate of drug-likeness (QED) is 0.317. The molecule has 1 atom stereocenters. The number of alkyl halides is 1. The van der Waals surface area contributed by atoms with Crippen LogP contribution in [0.15, 0.2) is 41.4 Å². The SMILES string of the molecule is [2H]C([2H])([2H])OCCn1cc(-c2ccc(-c3cnn4c(N)c(Br)c([C@H]5CC[C@@H](C(F)C(=O)O)CC5)nc34)cn2)cn1. The molecule has 4 heterocycles. The van der Waals surface area contributed by atoms with Crippen molar-refractivity contribution in [2.45, 2.75) is 44.3 Å². The highest BCUT2D eigenvalue weighted by Crippen LogP contribution is 2.41. The summed E-state index contributed by atoms with van der Waals surface area (Å²) in [4.78, 5) is 20.5. The van der Waals surface area contributed by atoms with Gasteiger partial charge in [0.2, 0.25) is 0 Å². The fraction of sp³-hybridized carbons (Fsp3) is 0.400. The lowest BCUT2D eigenvalue weighted by molar-refractivity contribution is -0.145. The monoisotopic (exact) mass is 574 g/mol. The largest absolute Gasteiger partial charge is 0.479 e. The van der Waals surface area contributed by atoms with E-state index in [0.29, 0.717) is 53.9 Å². The second kappa shape index (κ2) is 10.5. The van der Waals surface area contributed by atoms with E-state index in [4.69, 9.17) is 24.7 Å². The maximum atomic E-state index is 14.0. The third-order valence-electron chi connectivity index (χ3n) is 6.88. The van der Waals surface area contributed by atoms with Gasteiger partial charge in [-0.1, -0.05) is 6.07 Å². The van der Waals surface area contributed by atoms with E-state index in [1.54, 1.807) is 34.0 Å². The number of hydrogen-bond acceptors (Lipinski definition) is 7. The second-order valence-corrected chi connectivity index (χ2v) is 9.91. The highest BCUT2D eigenvalue weighted by atomic mass is 79.9. The van der Waals surface area contributed by atoms with Crippen molar-refractivity contribution >= 4 is 33.4 Å². The van der Waals surface area contributed by atoms with Crippen LogP contribution in [0.4, 0.5) is 10.2 Å². The molecule has 1 saturated carbocycles. The molecule has 1 aliphatic carbocycles. The van der Waals surface area contributed by atoms with E-state index < -0.39 is 25.1 Å². The zero-order valence-corrected chi connectivity index (χ0v) is 21.3. The minimum atomic E-state index is -2.44. The summed E-state index contributed by atoms with van der Waals surface area (Å²) in [6, 6.07) is 3.74. The van der Waals surface area contributed by atoms with Crippen molar-refractivity contribution in [3.05, 3.63) is 47.1 Å².